The zero-order chi connectivity index (χ0) is 9.84. The van der Waals surface area contributed by atoms with Gasteiger partial charge >= 0.3 is 0 Å². The molecule has 1 rings (SSSR count). The lowest BCUT2D eigenvalue weighted by Crippen LogP contribution is -1.93. The topological polar surface area (TPSA) is 65.8 Å². The van der Waals surface area contributed by atoms with Crippen LogP contribution < -0.4 is 0 Å². The van der Waals surface area contributed by atoms with Crippen LogP contribution in [-0.2, 0) is 0 Å². The second kappa shape index (κ2) is 3.74. The number of aryl methyl sites for hydroxylation is 1. The van der Waals surface area contributed by atoms with E-state index in [0.29, 0.717) is 11.3 Å². The highest BCUT2D eigenvalue weighted by Gasteiger charge is 2.06. The maximum atomic E-state index is 11.1. The summed E-state index contributed by atoms with van der Waals surface area (Å²) < 4.78 is 0. The van der Waals surface area contributed by atoms with Gasteiger partial charge in [0.1, 0.15) is 0 Å². The van der Waals surface area contributed by atoms with Crippen molar-refractivity contribution in [1.29, 1.82) is 0 Å². The van der Waals surface area contributed by atoms with Crippen molar-refractivity contribution in [1.82, 2.24) is 0 Å². The summed E-state index contributed by atoms with van der Waals surface area (Å²) in [7, 11) is 0. The summed E-state index contributed by atoms with van der Waals surface area (Å²) in [5, 5.41) is 3.49. The zero-order valence-corrected chi connectivity index (χ0v) is 7.48. The second-order valence-electron chi connectivity index (χ2n) is 2.72. The van der Waals surface area contributed by atoms with Crippen LogP contribution in [0, 0.1) is 6.92 Å². The third-order valence-electron chi connectivity index (χ3n) is 1.76. The first-order valence-electron chi connectivity index (χ1n) is 3.82. The Morgan fingerprint density at radius 3 is 2.77 bits per heavy atom. The molecule has 0 heterocycles. The van der Waals surface area contributed by atoms with Crippen molar-refractivity contribution in [2.24, 2.45) is 5.11 Å². The molecule has 4 heteroatoms. The molecule has 0 spiro atoms. The second-order valence-corrected chi connectivity index (χ2v) is 2.72. The molecule has 66 valence electrons. The molecular formula is C9H9N3O. The number of ketones is 1. The molecule has 0 saturated heterocycles. The van der Waals surface area contributed by atoms with Gasteiger partial charge in [-0.1, -0.05) is 23.3 Å². The first-order chi connectivity index (χ1) is 6.16. The Morgan fingerprint density at radius 2 is 2.23 bits per heavy atom. The monoisotopic (exact) mass is 175 g/mol. The SMILES string of the molecule is CC(=O)c1cccc(C)c1N=[N+]=[N-]. The molecule has 0 N–H and O–H groups in total. The van der Waals surface area contributed by atoms with E-state index in [1.165, 1.54) is 6.92 Å². The normalized spacial score (nSPS) is 9.08. The predicted octanol–water partition coefficient (Wildman–Crippen LogP) is 3.14. The van der Waals surface area contributed by atoms with Gasteiger partial charge in [0.25, 0.3) is 0 Å². The molecular weight excluding hydrogens is 166 g/mol. The fraction of sp³-hybridized carbons (Fsp3) is 0.222. The molecule has 1 aromatic rings. The highest BCUT2D eigenvalue weighted by atomic mass is 16.1. The van der Waals surface area contributed by atoms with Crippen molar-refractivity contribution >= 4 is 11.5 Å². The van der Waals surface area contributed by atoms with Crippen molar-refractivity contribution in [3.05, 3.63) is 39.8 Å². The average molecular weight is 175 g/mol. The van der Waals surface area contributed by atoms with Gasteiger partial charge in [0.05, 0.1) is 5.69 Å². The van der Waals surface area contributed by atoms with Gasteiger partial charge in [0.2, 0.25) is 0 Å². The van der Waals surface area contributed by atoms with E-state index in [-0.39, 0.29) is 5.78 Å². The molecule has 0 radical (unpaired) electrons. The number of hydrogen-bond donors (Lipinski definition) is 0. The number of carbonyl (C=O) groups excluding carboxylic acids is 1. The first-order valence-corrected chi connectivity index (χ1v) is 3.82. The Bertz CT molecular complexity index is 392. The summed E-state index contributed by atoms with van der Waals surface area (Å²) in [6.07, 6.45) is 0. The third kappa shape index (κ3) is 1.86. The number of rotatable bonds is 2. The van der Waals surface area contributed by atoms with Crippen LogP contribution in [0.1, 0.15) is 22.8 Å². The van der Waals surface area contributed by atoms with Crippen LogP contribution in [0.5, 0.6) is 0 Å². The smallest absolute Gasteiger partial charge is 0.160 e. The van der Waals surface area contributed by atoms with Crippen LogP contribution in [-0.4, -0.2) is 5.78 Å². The molecule has 0 atom stereocenters. The van der Waals surface area contributed by atoms with E-state index in [2.05, 4.69) is 10.0 Å². The molecule has 13 heavy (non-hydrogen) atoms. The molecule has 0 unspecified atom stereocenters. The van der Waals surface area contributed by atoms with Gasteiger partial charge in [-0.15, -0.1) is 0 Å². The minimum absolute atomic E-state index is 0.0916. The van der Waals surface area contributed by atoms with Crippen molar-refractivity contribution in [2.75, 3.05) is 0 Å². The standard InChI is InChI=1S/C9H9N3O/c1-6-4-3-5-8(7(2)13)9(6)11-12-10/h3-5H,1-2H3. The summed E-state index contributed by atoms with van der Waals surface area (Å²) in [5.41, 5.74) is 10.0. The third-order valence-corrected chi connectivity index (χ3v) is 1.76. The van der Waals surface area contributed by atoms with Crippen molar-refractivity contribution < 1.29 is 4.79 Å². The van der Waals surface area contributed by atoms with Gasteiger partial charge in [0, 0.05) is 10.5 Å². The summed E-state index contributed by atoms with van der Waals surface area (Å²) in [4.78, 5) is 13.8. The van der Waals surface area contributed by atoms with E-state index in [1.54, 1.807) is 25.1 Å². The molecule has 4 nitrogen and oxygen atoms in total. The van der Waals surface area contributed by atoms with Crippen molar-refractivity contribution in [2.45, 2.75) is 13.8 Å². The summed E-state index contributed by atoms with van der Waals surface area (Å²) in [5.74, 6) is -0.0916. The predicted molar refractivity (Wildman–Crippen MR) is 50.0 cm³/mol. The molecule has 1 aromatic carbocycles. The minimum atomic E-state index is -0.0916. The number of carbonyl (C=O) groups is 1. The van der Waals surface area contributed by atoms with Crippen LogP contribution in [0.2, 0.25) is 0 Å². The molecule has 0 aliphatic carbocycles. The lowest BCUT2D eigenvalue weighted by atomic mass is 10.1. The highest BCUT2D eigenvalue weighted by molar-refractivity contribution is 5.99. The highest BCUT2D eigenvalue weighted by Crippen LogP contribution is 2.24. The molecule has 0 saturated carbocycles. The lowest BCUT2D eigenvalue weighted by molar-refractivity contribution is 0.101. The van der Waals surface area contributed by atoms with Gasteiger partial charge in [0.15, 0.2) is 5.78 Å². The molecule has 0 bridgehead atoms. The van der Waals surface area contributed by atoms with Crippen LogP contribution in [0.4, 0.5) is 5.69 Å². The summed E-state index contributed by atoms with van der Waals surface area (Å²) in [6.45, 7) is 3.25. The quantitative estimate of drug-likeness (QED) is 0.294. The van der Waals surface area contributed by atoms with Crippen molar-refractivity contribution in [3.63, 3.8) is 0 Å². The fourth-order valence-corrected chi connectivity index (χ4v) is 1.12. The largest absolute Gasteiger partial charge is 0.294 e. The molecule has 0 amide bonds. The number of hydrogen-bond acceptors (Lipinski definition) is 2. The molecule has 0 fully saturated rings. The van der Waals surface area contributed by atoms with Crippen LogP contribution >= 0.6 is 0 Å². The lowest BCUT2D eigenvalue weighted by Gasteiger charge is -2.03. The number of nitrogens with zero attached hydrogens (tertiary/aromatic N) is 3. The van der Waals surface area contributed by atoms with Crippen LogP contribution in [0.15, 0.2) is 23.3 Å². The van der Waals surface area contributed by atoms with Crippen LogP contribution in [0.25, 0.3) is 10.4 Å². The Labute approximate surface area is 75.8 Å². The van der Waals surface area contributed by atoms with E-state index in [4.69, 9.17) is 5.53 Å². The number of Topliss-reactive ketones (excluding diaryl/α,β-unsaturated/α-hetero) is 1. The van der Waals surface area contributed by atoms with E-state index >= 15 is 0 Å². The Balaban J connectivity index is 3.42. The summed E-state index contributed by atoms with van der Waals surface area (Å²) >= 11 is 0. The van der Waals surface area contributed by atoms with Crippen LogP contribution in [0.3, 0.4) is 0 Å². The molecule has 0 aromatic heterocycles. The zero-order valence-electron chi connectivity index (χ0n) is 7.48. The maximum Gasteiger partial charge on any atom is 0.160 e. The average Bonchev–Trinajstić information content (AvgIpc) is 2.08. The van der Waals surface area contributed by atoms with Gasteiger partial charge < -0.3 is 0 Å². The van der Waals surface area contributed by atoms with Gasteiger partial charge in [-0.25, -0.2) is 0 Å². The van der Waals surface area contributed by atoms with E-state index in [9.17, 15) is 4.79 Å². The van der Waals surface area contributed by atoms with Gasteiger partial charge in [-0.2, -0.15) is 0 Å². The van der Waals surface area contributed by atoms with E-state index < -0.39 is 0 Å². The van der Waals surface area contributed by atoms with Gasteiger partial charge in [-0.05, 0) is 24.9 Å². The van der Waals surface area contributed by atoms with E-state index in [0.717, 1.165) is 5.56 Å². The fourth-order valence-electron chi connectivity index (χ4n) is 1.12. The Hall–Kier alpha value is -1.80. The maximum absolute atomic E-state index is 11.1. The van der Waals surface area contributed by atoms with E-state index in [1.807, 2.05) is 0 Å². The summed E-state index contributed by atoms with van der Waals surface area (Å²) in [6, 6.07) is 5.22. The number of benzene rings is 1. The number of azide groups is 1. The Morgan fingerprint density at radius 1 is 1.54 bits per heavy atom. The minimum Gasteiger partial charge on any atom is -0.294 e. The van der Waals surface area contributed by atoms with Gasteiger partial charge in [-0.3, -0.25) is 4.79 Å². The van der Waals surface area contributed by atoms with Crippen molar-refractivity contribution in [3.8, 4) is 0 Å². The Kier molecular flexibility index (Phi) is 2.67. The first kappa shape index (κ1) is 9.29. The molecule has 0 aliphatic rings. The molecule has 0 aliphatic heterocycles.